The van der Waals surface area contributed by atoms with Crippen LogP contribution in [0.2, 0.25) is 0 Å². The molecule has 0 unspecified atom stereocenters. The molecule has 4 aromatic carbocycles. The van der Waals surface area contributed by atoms with Gasteiger partial charge in [-0.05, 0) is 64.2 Å². The van der Waals surface area contributed by atoms with Gasteiger partial charge in [-0.2, -0.15) is 0 Å². The van der Waals surface area contributed by atoms with Gasteiger partial charge in [-0.1, -0.05) is 66.7 Å². The van der Waals surface area contributed by atoms with Crippen molar-refractivity contribution in [2.24, 2.45) is 0 Å². The lowest BCUT2D eigenvalue weighted by Gasteiger charge is -2.09. The molecule has 126 valence electrons. The Kier molecular flexibility index (Phi) is 4.53. The maximum absolute atomic E-state index is 3.78. The third-order valence-corrected chi connectivity index (χ3v) is 4.59. The Labute approximate surface area is 154 Å². The van der Waals surface area contributed by atoms with Crippen LogP contribution >= 0.6 is 0 Å². The van der Waals surface area contributed by atoms with Gasteiger partial charge in [0.15, 0.2) is 0 Å². The molecular formula is C25H21N. The predicted octanol–water partition coefficient (Wildman–Crippen LogP) is 6.98. The third-order valence-electron chi connectivity index (χ3n) is 4.59. The van der Waals surface area contributed by atoms with Crippen molar-refractivity contribution in [1.29, 1.82) is 0 Å². The lowest BCUT2D eigenvalue weighted by molar-refractivity contribution is 1.28. The van der Waals surface area contributed by atoms with Crippen LogP contribution in [0.1, 0.15) is 5.56 Å². The summed E-state index contributed by atoms with van der Waals surface area (Å²) < 4.78 is 0. The first-order valence-electron chi connectivity index (χ1n) is 8.88. The lowest BCUT2D eigenvalue weighted by atomic mass is 10.0. The third kappa shape index (κ3) is 3.52. The van der Waals surface area contributed by atoms with Crippen molar-refractivity contribution in [2.45, 2.75) is 6.42 Å². The summed E-state index contributed by atoms with van der Waals surface area (Å²) in [6.45, 7) is 3.78. The van der Waals surface area contributed by atoms with E-state index in [0.29, 0.717) is 0 Å². The summed E-state index contributed by atoms with van der Waals surface area (Å²) in [7, 11) is 0. The van der Waals surface area contributed by atoms with Gasteiger partial charge in [-0.15, -0.1) is 6.58 Å². The van der Waals surface area contributed by atoms with E-state index in [-0.39, 0.29) is 0 Å². The Morgan fingerprint density at radius 2 is 1.27 bits per heavy atom. The van der Waals surface area contributed by atoms with Crippen LogP contribution in [0.25, 0.3) is 21.9 Å². The molecule has 0 bridgehead atoms. The number of rotatable bonds is 5. The van der Waals surface area contributed by atoms with E-state index < -0.39 is 0 Å². The Morgan fingerprint density at radius 3 is 1.96 bits per heavy atom. The van der Waals surface area contributed by atoms with Crippen molar-refractivity contribution in [3.05, 3.63) is 109 Å². The van der Waals surface area contributed by atoms with Crippen molar-refractivity contribution in [3.8, 4) is 11.1 Å². The Morgan fingerprint density at radius 1 is 0.654 bits per heavy atom. The van der Waals surface area contributed by atoms with E-state index in [0.717, 1.165) is 17.8 Å². The number of hydrogen-bond acceptors (Lipinski definition) is 1. The van der Waals surface area contributed by atoms with Gasteiger partial charge in [-0.3, -0.25) is 0 Å². The minimum absolute atomic E-state index is 0.904. The van der Waals surface area contributed by atoms with Crippen LogP contribution in [0.5, 0.6) is 0 Å². The standard InChI is InChI=1S/C25H21N/c1-2-5-19-8-14-24(15-9-19)26-25-16-12-21(13-17-25)23-11-10-20-6-3-4-7-22(20)18-23/h2-4,6-18,26H,1,5H2. The highest BCUT2D eigenvalue weighted by atomic mass is 14.9. The first-order valence-corrected chi connectivity index (χ1v) is 8.88. The number of nitrogens with one attached hydrogen (secondary N) is 1. The van der Waals surface area contributed by atoms with Gasteiger partial charge in [0, 0.05) is 11.4 Å². The molecule has 1 N–H and O–H groups in total. The molecule has 1 heteroatoms. The summed E-state index contributed by atoms with van der Waals surface area (Å²) >= 11 is 0. The summed E-state index contributed by atoms with van der Waals surface area (Å²) in [6, 6.07) is 32.1. The highest BCUT2D eigenvalue weighted by Crippen LogP contribution is 2.26. The van der Waals surface area contributed by atoms with Gasteiger partial charge in [0.1, 0.15) is 0 Å². The second-order valence-electron chi connectivity index (χ2n) is 6.45. The molecule has 0 heterocycles. The fourth-order valence-corrected chi connectivity index (χ4v) is 3.17. The first-order chi connectivity index (χ1) is 12.8. The fraction of sp³-hybridized carbons (Fsp3) is 0.0400. The van der Waals surface area contributed by atoms with E-state index in [1.807, 2.05) is 6.08 Å². The van der Waals surface area contributed by atoms with Gasteiger partial charge in [-0.25, -0.2) is 0 Å². The summed E-state index contributed by atoms with van der Waals surface area (Å²) in [5.41, 5.74) is 5.92. The van der Waals surface area contributed by atoms with Crippen LogP contribution in [0.3, 0.4) is 0 Å². The zero-order valence-electron chi connectivity index (χ0n) is 14.7. The first kappa shape index (κ1) is 16.2. The summed E-state index contributed by atoms with van der Waals surface area (Å²) in [5, 5.41) is 6.00. The molecule has 1 nitrogen and oxygen atoms in total. The highest BCUT2D eigenvalue weighted by Gasteiger charge is 2.01. The van der Waals surface area contributed by atoms with Crippen LogP contribution in [0.15, 0.2) is 104 Å². The summed E-state index contributed by atoms with van der Waals surface area (Å²) in [4.78, 5) is 0. The SMILES string of the molecule is C=CCc1ccc(Nc2ccc(-c3ccc4ccccc4c3)cc2)cc1. The molecule has 0 amide bonds. The summed E-state index contributed by atoms with van der Waals surface area (Å²) in [6.07, 6.45) is 2.83. The van der Waals surface area contributed by atoms with Crippen LogP contribution in [-0.2, 0) is 6.42 Å². The molecule has 0 aromatic heterocycles. The maximum atomic E-state index is 3.78. The zero-order valence-corrected chi connectivity index (χ0v) is 14.7. The van der Waals surface area contributed by atoms with Crippen molar-refractivity contribution in [2.75, 3.05) is 5.32 Å². The van der Waals surface area contributed by atoms with Crippen molar-refractivity contribution >= 4 is 22.1 Å². The average molecular weight is 335 g/mol. The molecule has 0 atom stereocenters. The Bertz CT molecular complexity index is 1030. The van der Waals surface area contributed by atoms with E-state index >= 15 is 0 Å². The van der Waals surface area contributed by atoms with Gasteiger partial charge in [0.05, 0.1) is 0 Å². The number of hydrogen-bond donors (Lipinski definition) is 1. The lowest BCUT2D eigenvalue weighted by Crippen LogP contribution is -1.91. The van der Waals surface area contributed by atoms with Crippen molar-refractivity contribution in [3.63, 3.8) is 0 Å². The molecule has 0 aliphatic carbocycles. The molecule has 26 heavy (non-hydrogen) atoms. The Balaban J connectivity index is 1.53. The average Bonchev–Trinajstić information content (AvgIpc) is 2.70. The molecule has 0 fully saturated rings. The van der Waals surface area contributed by atoms with E-state index in [1.165, 1.54) is 27.5 Å². The minimum atomic E-state index is 0.904. The monoisotopic (exact) mass is 335 g/mol. The van der Waals surface area contributed by atoms with Crippen molar-refractivity contribution < 1.29 is 0 Å². The van der Waals surface area contributed by atoms with E-state index in [4.69, 9.17) is 0 Å². The molecule has 0 radical (unpaired) electrons. The molecule has 4 rings (SSSR count). The molecule has 0 aliphatic heterocycles. The molecule has 0 aliphatic rings. The van der Waals surface area contributed by atoms with Crippen LogP contribution in [-0.4, -0.2) is 0 Å². The quantitative estimate of drug-likeness (QED) is 0.388. The smallest absolute Gasteiger partial charge is 0.0384 e. The molecule has 0 saturated carbocycles. The van der Waals surface area contributed by atoms with Gasteiger partial charge < -0.3 is 5.32 Å². The van der Waals surface area contributed by atoms with Gasteiger partial charge in [0.2, 0.25) is 0 Å². The largest absolute Gasteiger partial charge is 0.356 e. The molecule has 4 aromatic rings. The topological polar surface area (TPSA) is 12.0 Å². The van der Waals surface area contributed by atoms with Gasteiger partial charge >= 0.3 is 0 Å². The second kappa shape index (κ2) is 7.28. The zero-order chi connectivity index (χ0) is 17.8. The van der Waals surface area contributed by atoms with E-state index in [1.54, 1.807) is 0 Å². The molecule has 0 spiro atoms. The molecular weight excluding hydrogens is 314 g/mol. The number of anilines is 2. The predicted molar refractivity (Wildman–Crippen MR) is 113 cm³/mol. The Hall–Kier alpha value is -3.32. The van der Waals surface area contributed by atoms with Gasteiger partial charge in [0.25, 0.3) is 0 Å². The summed E-state index contributed by atoms with van der Waals surface area (Å²) in [5.74, 6) is 0. The minimum Gasteiger partial charge on any atom is -0.356 e. The highest BCUT2D eigenvalue weighted by molar-refractivity contribution is 5.87. The van der Waals surface area contributed by atoms with E-state index in [2.05, 4.69) is 103 Å². The van der Waals surface area contributed by atoms with E-state index in [9.17, 15) is 0 Å². The second-order valence-corrected chi connectivity index (χ2v) is 6.45. The van der Waals surface area contributed by atoms with Crippen LogP contribution < -0.4 is 5.32 Å². The number of allylic oxidation sites excluding steroid dienone is 1. The molecule has 0 saturated heterocycles. The fourth-order valence-electron chi connectivity index (χ4n) is 3.17. The van der Waals surface area contributed by atoms with Crippen LogP contribution in [0, 0.1) is 0 Å². The number of fused-ring (bicyclic) bond motifs is 1. The van der Waals surface area contributed by atoms with Crippen LogP contribution in [0.4, 0.5) is 11.4 Å². The van der Waals surface area contributed by atoms with Crippen molar-refractivity contribution in [1.82, 2.24) is 0 Å². The normalized spacial score (nSPS) is 10.6. The maximum Gasteiger partial charge on any atom is 0.0384 e. The number of benzene rings is 4.